The second kappa shape index (κ2) is 6.31. The quantitative estimate of drug-likeness (QED) is 0.827. The van der Waals surface area contributed by atoms with E-state index in [9.17, 15) is 14.7 Å². The Balaban J connectivity index is 2.80. The van der Waals surface area contributed by atoms with E-state index < -0.39 is 11.4 Å². The lowest BCUT2D eigenvalue weighted by Gasteiger charge is -2.25. The Labute approximate surface area is 113 Å². The third-order valence-corrected chi connectivity index (χ3v) is 3.59. The maximum absolute atomic E-state index is 12.0. The largest absolute Gasteiger partial charge is 0.481 e. The number of carboxylic acids is 1. The normalized spacial score (nSPS) is 11.1. The van der Waals surface area contributed by atoms with Gasteiger partial charge in [-0.1, -0.05) is 13.8 Å². The van der Waals surface area contributed by atoms with Gasteiger partial charge in [-0.15, -0.1) is 0 Å². The maximum Gasteiger partial charge on any atom is 0.310 e. The van der Waals surface area contributed by atoms with Crippen molar-refractivity contribution in [2.45, 2.75) is 40.0 Å². The number of nitrogens with zero attached hydrogens (tertiary/aromatic N) is 1. The van der Waals surface area contributed by atoms with Crippen molar-refractivity contribution in [3.8, 4) is 0 Å². The summed E-state index contributed by atoms with van der Waals surface area (Å²) in [5, 5.41) is 12.0. The summed E-state index contributed by atoms with van der Waals surface area (Å²) in [5.74, 6) is -1.21. The summed E-state index contributed by atoms with van der Waals surface area (Å²) in [7, 11) is 0. The zero-order valence-electron chi connectivity index (χ0n) is 11.6. The standard InChI is InChI=1S/C14H20N2O3/c1-4-14(5-2,13(18)19)9-12(17)16-11-7-6-8-15-10(11)3/h6-8H,4-5,9H2,1-3H3,(H,16,17)(H,18,19). The number of carbonyl (C=O) groups excluding carboxylic acids is 1. The number of hydrogen-bond donors (Lipinski definition) is 2. The number of carboxylic acid groups (broad SMARTS) is 1. The van der Waals surface area contributed by atoms with Crippen LogP contribution in [0.2, 0.25) is 0 Å². The van der Waals surface area contributed by atoms with Crippen LogP contribution in [-0.2, 0) is 9.59 Å². The van der Waals surface area contributed by atoms with Crippen LogP contribution in [0.25, 0.3) is 0 Å². The van der Waals surface area contributed by atoms with Gasteiger partial charge < -0.3 is 10.4 Å². The van der Waals surface area contributed by atoms with Gasteiger partial charge in [-0.05, 0) is 31.9 Å². The van der Waals surface area contributed by atoms with Crippen molar-refractivity contribution in [2.75, 3.05) is 5.32 Å². The molecule has 0 atom stereocenters. The van der Waals surface area contributed by atoms with Crippen molar-refractivity contribution < 1.29 is 14.7 Å². The molecule has 1 amide bonds. The molecule has 2 N–H and O–H groups in total. The van der Waals surface area contributed by atoms with Gasteiger partial charge in [0.25, 0.3) is 0 Å². The topological polar surface area (TPSA) is 79.3 Å². The molecule has 0 saturated carbocycles. The molecule has 1 heterocycles. The number of amides is 1. The Morgan fingerprint density at radius 1 is 1.37 bits per heavy atom. The zero-order chi connectivity index (χ0) is 14.5. The first-order chi connectivity index (χ1) is 8.95. The molecular formula is C14H20N2O3. The van der Waals surface area contributed by atoms with E-state index in [2.05, 4.69) is 10.3 Å². The molecule has 0 saturated heterocycles. The number of aromatic nitrogens is 1. The minimum absolute atomic E-state index is 0.0241. The summed E-state index contributed by atoms with van der Waals surface area (Å²) in [6, 6.07) is 3.48. The molecule has 0 aliphatic carbocycles. The summed E-state index contributed by atoms with van der Waals surface area (Å²) in [5.41, 5.74) is 0.351. The molecule has 0 radical (unpaired) electrons. The van der Waals surface area contributed by atoms with Crippen LogP contribution < -0.4 is 5.32 Å². The van der Waals surface area contributed by atoms with Crippen molar-refractivity contribution in [1.82, 2.24) is 4.98 Å². The van der Waals surface area contributed by atoms with Crippen LogP contribution in [0.5, 0.6) is 0 Å². The van der Waals surface area contributed by atoms with Crippen LogP contribution in [0.15, 0.2) is 18.3 Å². The van der Waals surface area contributed by atoms with Gasteiger partial charge in [-0.25, -0.2) is 0 Å². The lowest BCUT2D eigenvalue weighted by Crippen LogP contribution is -2.34. The predicted octanol–water partition coefficient (Wildman–Crippen LogP) is 2.61. The molecule has 1 aromatic heterocycles. The Hall–Kier alpha value is -1.91. The molecule has 5 heteroatoms. The number of hydrogen-bond acceptors (Lipinski definition) is 3. The lowest BCUT2D eigenvalue weighted by molar-refractivity contribution is -0.151. The Morgan fingerprint density at radius 2 is 2.00 bits per heavy atom. The fourth-order valence-electron chi connectivity index (χ4n) is 2.00. The smallest absolute Gasteiger partial charge is 0.310 e. The van der Waals surface area contributed by atoms with E-state index in [1.165, 1.54) is 0 Å². The van der Waals surface area contributed by atoms with E-state index in [4.69, 9.17) is 0 Å². The monoisotopic (exact) mass is 264 g/mol. The number of rotatable bonds is 6. The summed E-state index contributed by atoms with van der Waals surface area (Å²) in [6.45, 7) is 5.38. The van der Waals surface area contributed by atoms with Crippen LogP contribution in [0.4, 0.5) is 5.69 Å². The molecule has 0 aromatic carbocycles. The maximum atomic E-state index is 12.0. The molecule has 0 aliphatic rings. The van der Waals surface area contributed by atoms with Crippen LogP contribution in [0.3, 0.4) is 0 Å². The number of carbonyl (C=O) groups is 2. The van der Waals surface area contributed by atoms with Gasteiger partial charge >= 0.3 is 5.97 Å². The lowest BCUT2D eigenvalue weighted by atomic mass is 9.79. The molecule has 19 heavy (non-hydrogen) atoms. The third kappa shape index (κ3) is 3.53. The Kier molecular flexibility index (Phi) is 5.03. The average molecular weight is 264 g/mol. The first-order valence-electron chi connectivity index (χ1n) is 6.40. The first-order valence-corrected chi connectivity index (χ1v) is 6.40. The second-order valence-corrected chi connectivity index (χ2v) is 4.65. The van der Waals surface area contributed by atoms with Crippen LogP contribution in [-0.4, -0.2) is 22.0 Å². The van der Waals surface area contributed by atoms with Crippen molar-refractivity contribution in [2.24, 2.45) is 5.41 Å². The second-order valence-electron chi connectivity index (χ2n) is 4.65. The van der Waals surface area contributed by atoms with Crippen LogP contribution in [0, 0.1) is 12.3 Å². The van der Waals surface area contributed by atoms with E-state index in [1.807, 2.05) is 0 Å². The molecule has 0 unspecified atom stereocenters. The molecule has 5 nitrogen and oxygen atoms in total. The summed E-state index contributed by atoms with van der Waals surface area (Å²) < 4.78 is 0. The van der Waals surface area contributed by atoms with Crippen molar-refractivity contribution >= 4 is 17.6 Å². The zero-order valence-corrected chi connectivity index (χ0v) is 11.6. The van der Waals surface area contributed by atoms with Gasteiger partial charge in [0, 0.05) is 12.6 Å². The summed E-state index contributed by atoms with van der Waals surface area (Å²) in [6.07, 6.45) is 2.48. The van der Waals surface area contributed by atoms with Gasteiger partial charge in [-0.3, -0.25) is 14.6 Å². The molecule has 104 valence electrons. The average Bonchev–Trinajstić information content (AvgIpc) is 2.38. The van der Waals surface area contributed by atoms with E-state index in [1.54, 1.807) is 39.1 Å². The Morgan fingerprint density at radius 3 is 2.47 bits per heavy atom. The highest BCUT2D eigenvalue weighted by molar-refractivity contribution is 5.94. The molecule has 0 aliphatic heterocycles. The molecule has 0 fully saturated rings. The number of pyridine rings is 1. The first kappa shape index (κ1) is 15.1. The highest BCUT2D eigenvalue weighted by atomic mass is 16.4. The van der Waals surface area contributed by atoms with Crippen molar-refractivity contribution in [3.05, 3.63) is 24.0 Å². The molecule has 1 aromatic rings. The number of nitrogens with one attached hydrogen (secondary N) is 1. The minimum Gasteiger partial charge on any atom is -0.481 e. The molecule has 0 spiro atoms. The van der Waals surface area contributed by atoms with Gasteiger partial charge in [0.05, 0.1) is 16.8 Å². The van der Waals surface area contributed by atoms with Gasteiger partial charge in [-0.2, -0.15) is 0 Å². The van der Waals surface area contributed by atoms with Gasteiger partial charge in [0.2, 0.25) is 5.91 Å². The van der Waals surface area contributed by atoms with E-state index in [0.29, 0.717) is 24.2 Å². The molecular weight excluding hydrogens is 244 g/mol. The number of aryl methyl sites for hydroxylation is 1. The fourth-order valence-corrected chi connectivity index (χ4v) is 2.00. The van der Waals surface area contributed by atoms with Gasteiger partial charge in [0.15, 0.2) is 0 Å². The third-order valence-electron chi connectivity index (χ3n) is 3.59. The number of aliphatic carboxylic acids is 1. The predicted molar refractivity (Wildman–Crippen MR) is 72.9 cm³/mol. The van der Waals surface area contributed by atoms with Crippen molar-refractivity contribution in [1.29, 1.82) is 0 Å². The molecule has 1 rings (SSSR count). The van der Waals surface area contributed by atoms with Gasteiger partial charge in [0.1, 0.15) is 0 Å². The van der Waals surface area contributed by atoms with E-state index in [-0.39, 0.29) is 12.3 Å². The summed E-state index contributed by atoms with van der Waals surface area (Å²) in [4.78, 5) is 27.4. The molecule has 0 bridgehead atoms. The fraction of sp³-hybridized carbons (Fsp3) is 0.500. The van der Waals surface area contributed by atoms with Crippen molar-refractivity contribution in [3.63, 3.8) is 0 Å². The SMILES string of the molecule is CCC(CC)(CC(=O)Nc1cccnc1C)C(=O)O. The summed E-state index contributed by atoms with van der Waals surface area (Å²) >= 11 is 0. The highest BCUT2D eigenvalue weighted by Gasteiger charge is 2.37. The Bertz CT molecular complexity index is 468. The highest BCUT2D eigenvalue weighted by Crippen LogP contribution is 2.31. The minimum atomic E-state index is -0.986. The van der Waals surface area contributed by atoms with E-state index >= 15 is 0 Å². The van der Waals surface area contributed by atoms with Crippen LogP contribution >= 0.6 is 0 Å². The van der Waals surface area contributed by atoms with E-state index in [0.717, 1.165) is 0 Å². The number of anilines is 1. The van der Waals surface area contributed by atoms with Crippen LogP contribution in [0.1, 0.15) is 38.8 Å².